The second-order valence-corrected chi connectivity index (χ2v) is 4.27. The first-order valence-electron chi connectivity index (χ1n) is 5.27. The Morgan fingerprint density at radius 1 is 1.22 bits per heavy atom. The molecule has 18 heavy (non-hydrogen) atoms. The second-order valence-electron chi connectivity index (χ2n) is 3.62. The Kier molecular flexibility index (Phi) is 4.39. The van der Waals surface area contributed by atoms with Crippen molar-refractivity contribution in [3.63, 3.8) is 0 Å². The van der Waals surface area contributed by atoms with Crippen LogP contribution >= 0.6 is 23.2 Å². The number of nitrogens with zero attached hydrogens (tertiary/aromatic N) is 1. The molecule has 1 aromatic heterocycles. The summed E-state index contributed by atoms with van der Waals surface area (Å²) in [6.45, 7) is 0.193. The van der Waals surface area contributed by atoms with E-state index in [0.29, 0.717) is 17.2 Å². The van der Waals surface area contributed by atoms with Crippen molar-refractivity contribution in [3.8, 4) is 5.75 Å². The van der Waals surface area contributed by atoms with E-state index < -0.39 is 5.82 Å². The van der Waals surface area contributed by atoms with Crippen molar-refractivity contribution in [1.82, 2.24) is 4.98 Å². The minimum Gasteiger partial charge on any atom is -0.487 e. The molecule has 0 bridgehead atoms. The Morgan fingerprint density at radius 3 is 2.72 bits per heavy atom. The van der Waals surface area contributed by atoms with Crippen LogP contribution in [0.15, 0.2) is 36.5 Å². The van der Waals surface area contributed by atoms with Crippen molar-refractivity contribution in [3.05, 3.63) is 58.6 Å². The van der Waals surface area contributed by atoms with E-state index in [1.165, 1.54) is 6.07 Å². The fraction of sp³-hybridized carbons (Fsp3) is 0.154. The SMILES string of the molecule is Fc1cccc(COc2ccc(CCl)nc2)c1Cl. The predicted molar refractivity (Wildman–Crippen MR) is 69.5 cm³/mol. The van der Waals surface area contributed by atoms with Gasteiger partial charge in [-0.25, -0.2) is 4.39 Å². The highest BCUT2D eigenvalue weighted by atomic mass is 35.5. The number of pyridine rings is 1. The average molecular weight is 286 g/mol. The van der Waals surface area contributed by atoms with Gasteiger partial charge in [-0.2, -0.15) is 0 Å². The van der Waals surface area contributed by atoms with E-state index in [9.17, 15) is 4.39 Å². The van der Waals surface area contributed by atoms with Crippen LogP contribution in [0.4, 0.5) is 4.39 Å². The maximum atomic E-state index is 13.2. The Hall–Kier alpha value is -1.32. The molecule has 0 fully saturated rings. The van der Waals surface area contributed by atoms with Crippen LogP contribution in [0.3, 0.4) is 0 Å². The zero-order chi connectivity index (χ0) is 13.0. The summed E-state index contributed by atoms with van der Waals surface area (Å²) in [6, 6.07) is 8.15. The molecule has 0 aliphatic carbocycles. The molecule has 0 saturated carbocycles. The molecule has 94 valence electrons. The summed E-state index contributed by atoms with van der Waals surface area (Å²) in [7, 11) is 0. The molecule has 0 unspecified atom stereocenters. The van der Waals surface area contributed by atoms with Gasteiger partial charge in [0, 0.05) is 5.56 Å². The van der Waals surface area contributed by atoms with Gasteiger partial charge in [-0.1, -0.05) is 23.7 Å². The van der Waals surface area contributed by atoms with Gasteiger partial charge in [0.05, 0.1) is 22.8 Å². The Bertz CT molecular complexity index is 531. The third-order valence-corrected chi connectivity index (χ3v) is 3.06. The lowest BCUT2D eigenvalue weighted by atomic mass is 10.2. The maximum absolute atomic E-state index is 13.2. The molecule has 0 atom stereocenters. The maximum Gasteiger partial charge on any atom is 0.142 e. The van der Waals surface area contributed by atoms with E-state index in [0.717, 1.165) is 5.69 Å². The lowest BCUT2D eigenvalue weighted by Crippen LogP contribution is -1.98. The zero-order valence-corrected chi connectivity index (χ0v) is 10.9. The standard InChI is InChI=1S/C13H10Cl2FNO/c14-6-10-4-5-11(7-17-10)18-8-9-2-1-3-12(16)13(9)15/h1-5,7H,6,8H2. The number of benzene rings is 1. The normalized spacial score (nSPS) is 10.4. The van der Waals surface area contributed by atoms with E-state index in [1.807, 2.05) is 0 Å². The molecule has 5 heteroatoms. The molecular weight excluding hydrogens is 276 g/mol. The van der Waals surface area contributed by atoms with Crippen LogP contribution in [0.2, 0.25) is 5.02 Å². The van der Waals surface area contributed by atoms with Crippen molar-refractivity contribution in [2.75, 3.05) is 0 Å². The second kappa shape index (κ2) is 6.03. The molecule has 0 aliphatic rings. The third kappa shape index (κ3) is 3.12. The molecule has 0 saturated heterocycles. The molecule has 0 radical (unpaired) electrons. The van der Waals surface area contributed by atoms with Gasteiger partial charge >= 0.3 is 0 Å². The Labute approximate surface area is 114 Å². The number of rotatable bonds is 4. The summed E-state index contributed by atoms with van der Waals surface area (Å²) in [5.41, 5.74) is 1.37. The third-order valence-electron chi connectivity index (χ3n) is 2.36. The van der Waals surface area contributed by atoms with E-state index in [-0.39, 0.29) is 11.6 Å². The van der Waals surface area contributed by atoms with Gasteiger partial charge in [0.2, 0.25) is 0 Å². The minimum atomic E-state index is -0.451. The number of ether oxygens (including phenoxy) is 1. The van der Waals surface area contributed by atoms with E-state index in [4.69, 9.17) is 27.9 Å². The predicted octanol–water partition coefficient (Wildman–Crippen LogP) is 4.19. The average Bonchev–Trinajstić information content (AvgIpc) is 2.41. The first-order chi connectivity index (χ1) is 8.70. The number of aromatic nitrogens is 1. The van der Waals surface area contributed by atoms with Crippen molar-refractivity contribution < 1.29 is 9.13 Å². The summed E-state index contributed by atoms with van der Waals surface area (Å²) in [6.07, 6.45) is 1.57. The van der Waals surface area contributed by atoms with E-state index >= 15 is 0 Å². The van der Waals surface area contributed by atoms with Crippen molar-refractivity contribution in [1.29, 1.82) is 0 Å². The molecule has 0 aliphatic heterocycles. The van der Waals surface area contributed by atoms with Gasteiger partial charge in [0.1, 0.15) is 18.2 Å². The Balaban J connectivity index is 2.04. The van der Waals surface area contributed by atoms with Crippen LogP contribution in [-0.4, -0.2) is 4.98 Å². The fourth-order valence-corrected chi connectivity index (χ4v) is 1.74. The number of halogens is 3. The van der Waals surface area contributed by atoms with Gasteiger partial charge in [-0.05, 0) is 18.2 Å². The highest BCUT2D eigenvalue weighted by Gasteiger charge is 2.06. The molecule has 1 heterocycles. The van der Waals surface area contributed by atoms with E-state index in [1.54, 1.807) is 30.5 Å². The van der Waals surface area contributed by atoms with E-state index in [2.05, 4.69) is 4.98 Å². The first-order valence-corrected chi connectivity index (χ1v) is 6.18. The smallest absolute Gasteiger partial charge is 0.142 e. The zero-order valence-electron chi connectivity index (χ0n) is 9.37. The van der Waals surface area contributed by atoms with Crippen molar-refractivity contribution >= 4 is 23.2 Å². The molecule has 2 nitrogen and oxygen atoms in total. The van der Waals surface area contributed by atoms with Gasteiger partial charge < -0.3 is 4.74 Å². The van der Waals surface area contributed by atoms with Gasteiger partial charge in [-0.15, -0.1) is 11.6 Å². The molecule has 0 amide bonds. The van der Waals surface area contributed by atoms with Crippen LogP contribution in [0.25, 0.3) is 0 Å². The summed E-state index contributed by atoms with van der Waals surface area (Å²) < 4.78 is 18.7. The molecule has 1 aromatic carbocycles. The first kappa shape index (κ1) is 13.1. The van der Waals surface area contributed by atoms with Crippen LogP contribution in [0.1, 0.15) is 11.3 Å². The monoisotopic (exact) mass is 285 g/mol. The topological polar surface area (TPSA) is 22.1 Å². The van der Waals surface area contributed by atoms with Gasteiger partial charge in [-0.3, -0.25) is 4.98 Å². The highest BCUT2D eigenvalue weighted by Crippen LogP contribution is 2.21. The van der Waals surface area contributed by atoms with Gasteiger partial charge in [0.25, 0.3) is 0 Å². The molecule has 2 aromatic rings. The van der Waals surface area contributed by atoms with Gasteiger partial charge in [0.15, 0.2) is 0 Å². The van der Waals surface area contributed by atoms with Crippen LogP contribution in [-0.2, 0) is 12.5 Å². The lowest BCUT2D eigenvalue weighted by molar-refractivity contribution is 0.304. The quantitative estimate of drug-likeness (QED) is 0.786. The largest absolute Gasteiger partial charge is 0.487 e. The molecule has 2 rings (SSSR count). The summed E-state index contributed by atoms with van der Waals surface area (Å²) in [5, 5.41) is 0.0860. The van der Waals surface area contributed by atoms with Crippen LogP contribution in [0, 0.1) is 5.82 Å². The van der Waals surface area contributed by atoms with Crippen LogP contribution in [0.5, 0.6) is 5.75 Å². The summed E-state index contributed by atoms with van der Waals surface area (Å²) in [4.78, 5) is 4.09. The number of alkyl halides is 1. The van der Waals surface area contributed by atoms with Crippen molar-refractivity contribution in [2.24, 2.45) is 0 Å². The summed E-state index contributed by atoms with van der Waals surface area (Å²) in [5.74, 6) is 0.494. The summed E-state index contributed by atoms with van der Waals surface area (Å²) >= 11 is 11.4. The highest BCUT2D eigenvalue weighted by molar-refractivity contribution is 6.31. The van der Waals surface area contributed by atoms with Crippen LogP contribution < -0.4 is 4.74 Å². The Morgan fingerprint density at radius 2 is 2.06 bits per heavy atom. The molecule has 0 N–H and O–H groups in total. The van der Waals surface area contributed by atoms with Crippen molar-refractivity contribution in [2.45, 2.75) is 12.5 Å². The molecule has 0 spiro atoms. The number of hydrogen-bond acceptors (Lipinski definition) is 2. The number of hydrogen-bond donors (Lipinski definition) is 0. The molecular formula is C13H10Cl2FNO. The lowest BCUT2D eigenvalue weighted by Gasteiger charge is -2.08. The fourth-order valence-electron chi connectivity index (χ4n) is 1.40. The minimum absolute atomic E-state index is 0.0860.